The summed E-state index contributed by atoms with van der Waals surface area (Å²) < 4.78 is 5.22. The van der Waals surface area contributed by atoms with Crippen LogP contribution < -0.4 is 10.6 Å². The molecule has 0 aliphatic rings. The first-order valence-electron chi connectivity index (χ1n) is 9.02. The lowest BCUT2D eigenvalue weighted by Crippen LogP contribution is -2.38. The van der Waals surface area contributed by atoms with E-state index in [1.165, 1.54) is 19.9 Å². The maximum Gasteiger partial charge on any atom is 0.355 e. The van der Waals surface area contributed by atoms with Crippen molar-refractivity contribution in [1.29, 1.82) is 0 Å². The number of carbonyl (C=O) groups excluding carboxylic acids is 3. The molecule has 2 amide bonds. The highest BCUT2D eigenvalue weighted by Gasteiger charge is 2.21. The van der Waals surface area contributed by atoms with Crippen molar-refractivity contribution in [2.24, 2.45) is 0 Å². The zero-order chi connectivity index (χ0) is 20.4. The average molecular weight is 380 g/mol. The molecule has 146 valence electrons. The lowest BCUT2D eigenvalue weighted by molar-refractivity contribution is -0.151. The summed E-state index contributed by atoms with van der Waals surface area (Å²) in [5.41, 5.74) is 1.80. The van der Waals surface area contributed by atoms with Crippen molar-refractivity contribution in [1.82, 2.24) is 10.6 Å². The van der Waals surface area contributed by atoms with Gasteiger partial charge < -0.3 is 15.4 Å². The monoisotopic (exact) mass is 380 g/mol. The Morgan fingerprint density at radius 3 is 2.21 bits per heavy atom. The van der Waals surface area contributed by atoms with E-state index in [1.54, 1.807) is 12.1 Å². The number of benzene rings is 2. The highest BCUT2D eigenvalue weighted by Crippen LogP contribution is 2.08. The van der Waals surface area contributed by atoms with Gasteiger partial charge in [-0.2, -0.15) is 0 Å². The SMILES string of the molecule is CC(=O)N/C(=C\c1ccccc1)C(=O)O[C@H](C)C(=O)NCCc1ccccc1. The van der Waals surface area contributed by atoms with Gasteiger partial charge in [0.1, 0.15) is 5.70 Å². The molecule has 0 unspecified atom stereocenters. The van der Waals surface area contributed by atoms with E-state index in [9.17, 15) is 14.4 Å². The number of amides is 2. The molecule has 0 saturated carbocycles. The van der Waals surface area contributed by atoms with Gasteiger partial charge in [-0.1, -0.05) is 60.7 Å². The number of esters is 1. The molecule has 0 aromatic heterocycles. The Morgan fingerprint density at radius 1 is 1.00 bits per heavy atom. The first-order valence-corrected chi connectivity index (χ1v) is 9.02. The highest BCUT2D eigenvalue weighted by molar-refractivity contribution is 5.98. The fraction of sp³-hybridized carbons (Fsp3) is 0.227. The molecular formula is C22H24N2O4. The van der Waals surface area contributed by atoms with E-state index in [1.807, 2.05) is 48.5 Å². The van der Waals surface area contributed by atoms with Crippen molar-refractivity contribution in [2.75, 3.05) is 6.54 Å². The van der Waals surface area contributed by atoms with Gasteiger partial charge in [-0.3, -0.25) is 9.59 Å². The molecule has 2 aromatic carbocycles. The van der Waals surface area contributed by atoms with Crippen molar-refractivity contribution in [3.05, 3.63) is 77.5 Å². The van der Waals surface area contributed by atoms with E-state index in [0.29, 0.717) is 13.0 Å². The second-order valence-electron chi connectivity index (χ2n) is 6.22. The Hall–Kier alpha value is -3.41. The lowest BCUT2D eigenvalue weighted by Gasteiger charge is -2.15. The van der Waals surface area contributed by atoms with Crippen LogP contribution in [0.2, 0.25) is 0 Å². The Balaban J connectivity index is 1.92. The maximum atomic E-state index is 12.4. The van der Waals surface area contributed by atoms with Crippen LogP contribution in [0, 0.1) is 0 Å². The molecule has 2 rings (SSSR count). The third-order valence-corrected chi connectivity index (χ3v) is 3.85. The first-order chi connectivity index (χ1) is 13.5. The van der Waals surface area contributed by atoms with Gasteiger partial charge in [0, 0.05) is 13.5 Å². The minimum absolute atomic E-state index is 0.0253. The molecular weight excluding hydrogens is 356 g/mol. The molecule has 2 N–H and O–H groups in total. The molecule has 0 spiro atoms. The number of ether oxygens (including phenoxy) is 1. The Morgan fingerprint density at radius 2 is 1.61 bits per heavy atom. The number of rotatable bonds is 8. The fourth-order valence-electron chi connectivity index (χ4n) is 2.45. The maximum absolute atomic E-state index is 12.4. The lowest BCUT2D eigenvalue weighted by atomic mass is 10.1. The van der Waals surface area contributed by atoms with Crippen LogP contribution in [0.1, 0.15) is 25.0 Å². The summed E-state index contributed by atoms with van der Waals surface area (Å²) in [6.07, 6.45) is 1.19. The van der Waals surface area contributed by atoms with Crippen molar-refractivity contribution in [3.63, 3.8) is 0 Å². The van der Waals surface area contributed by atoms with Gasteiger partial charge >= 0.3 is 5.97 Å². The van der Waals surface area contributed by atoms with Crippen LogP contribution in [0.25, 0.3) is 6.08 Å². The van der Waals surface area contributed by atoms with Crippen LogP contribution in [0.4, 0.5) is 0 Å². The van der Waals surface area contributed by atoms with Crippen molar-refractivity contribution < 1.29 is 19.1 Å². The summed E-state index contributed by atoms with van der Waals surface area (Å²) in [6.45, 7) is 3.22. The van der Waals surface area contributed by atoms with Crippen LogP contribution in [-0.4, -0.2) is 30.4 Å². The third-order valence-electron chi connectivity index (χ3n) is 3.85. The largest absolute Gasteiger partial charge is 0.448 e. The quantitative estimate of drug-likeness (QED) is 0.544. The first kappa shape index (κ1) is 20.9. The van der Waals surface area contributed by atoms with Crippen molar-refractivity contribution >= 4 is 23.9 Å². The standard InChI is InChI=1S/C22H24N2O4/c1-16(21(26)23-14-13-18-9-5-3-6-10-18)28-22(27)20(24-17(2)25)15-19-11-7-4-8-12-19/h3-12,15-16H,13-14H2,1-2H3,(H,23,26)(H,24,25)/b20-15-/t16-/m1/s1. The Kier molecular flexibility index (Phi) is 7.96. The predicted molar refractivity (Wildman–Crippen MR) is 107 cm³/mol. The molecule has 0 radical (unpaired) electrons. The van der Waals surface area contributed by atoms with Crippen LogP contribution in [0.15, 0.2) is 66.4 Å². The van der Waals surface area contributed by atoms with E-state index in [4.69, 9.17) is 4.74 Å². The van der Waals surface area contributed by atoms with E-state index >= 15 is 0 Å². The van der Waals surface area contributed by atoms with Crippen molar-refractivity contribution in [3.8, 4) is 0 Å². The molecule has 6 nitrogen and oxygen atoms in total. The minimum Gasteiger partial charge on any atom is -0.448 e. The van der Waals surface area contributed by atoms with Gasteiger partial charge in [-0.25, -0.2) is 4.79 Å². The summed E-state index contributed by atoms with van der Waals surface area (Å²) in [6, 6.07) is 18.8. The summed E-state index contributed by atoms with van der Waals surface area (Å²) in [5, 5.41) is 5.20. The van der Waals surface area contributed by atoms with Gasteiger partial charge in [0.2, 0.25) is 5.91 Å². The molecule has 6 heteroatoms. The number of hydrogen-bond donors (Lipinski definition) is 2. The van der Waals surface area contributed by atoms with E-state index < -0.39 is 23.9 Å². The van der Waals surface area contributed by atoms with Gasteiger partial charge in [-0.05, 0) is 30.5 Å². The van der Waals surface area contributed by atoms with Crippen LogP contribution in [0.5, 0.6) is 0 Å². The van der Waals surface area contributed by atoms with Crippen molar-refractivity contribution in [2.45, 2.75) is 26.4 Å². The number of hydrogen-bond acceptors (Lipinski definition) is 4. The molecule has 28 heavy (non-hydrogen) atoms. The molecule has 0 aliphatic carbocycles. The molecule has 0 heterocycles. The fourth-order valence-corrected chi connectivity index (χ4v) is 2.45. The molecule has 1 atom stereocenters. The summed E-state index contributed by atoms with van der Waals surface area (Å²) in [7, 11) is 0. The zero-order valence-corrected chi connectivity index (χ0v) is 16.0. The Bertz CT molecular complexity index is 832. The predicted octanol–water partition coefficient (Wildman–Crippen LogP) is 2.45. The minimum atomic E-state index is -0.990. The van der Waals surface area contributed by atoms with Gasteiger partial charge in [-0.15, -0.1) is 0 Å². The van der Waals surface area contributed by atoms with E-state index in [-0.39, 0.29) is 5.70 Å². The molecule has 0 saturated heterocycles. The average Bonchev–Trinajstić information content (AvgIpc) is 2.68. The third kappa shape index (κ3) is 7.07. The van der Waals surface area contributed by atoms with Gasteiger partial charge in [0.15, 0.2) is 6.10 Å². The Labute approximate surface area is 164 Å². The highest BCUT2D eigenvalue weighted by atomic mass is 16.5. The second-order valence-corrected chi connectivity index (χ2v) is 6.22. The summed E-state index contributed by atoms with van der Waals surface area (Å²) in [5.74, 6) is -1.57. The zero-order valence-electron chi connectivity index (χ0n) is 16.0. The normalized spacial score (nSPS) is 12.0. The van der Waals surface area contributed by atoms with Gasteiger partial charge in [0.25, 0.3) is 5.91 Å². The summed E-state index contributed by atoms with van der Waals surface area (Å²) >= 11 is 0. The molecule has 0 bridgehead atoms. The smallest absolute Gasteiger partial charge is 0.355 e. The van der Waals surface area contributed by atoms with E-state index in [2.05, 4.69) is 10.6 Å². The molecule has 0 aliphatic heterocycles. The summed E-state index contributed by atoms with van der Waals surface area (Å²) in [4.78, 5) is 36.0. The van der Waals surface area contributed by atoms with Crippen LogP contribution >= 0.6 is 0 Å². The molecule has 2 aromatic rings. The number of carbonyl (C=O) groups is 3. The van der Waals surface area contributed by atoms with Gasteiger partial charge in [0.05, 0.1) is 0 Å². The second kappa shape index (κ2) is 10.7. The van der Waals surface area contributed by atoms with Crippen LogP contribution in [-0.2, 0) is 25.5 Å². The molecule has 0 fully saturated rings. The topological polar surface area (TPSA) is 84.5 Å². The van der Waals surface area contributed by atoms with Crippen LogP contribution in [0.3, 0.4) is 0 Å². The number of nitrogens with one attached hydrogen (secondary N) is 2. The van der Waals surface area contributed by atoms with E-state index in [0.717, 1.165) is 11.1 Å².